The van der Waals surface area contributed by atoms with Crippen LogP contribution in [-0.4, -0.2) is 13.6 Å². The maximum absolute atomic E-state index is 13.5. The van der Waals surface area contributed by atoms with Crippen LogP contribution >= 0.6 is 0 Å². The van der Waals surface area contributed by atoms with Crippen LogP contribution in [-0.2, 0) is 13.0 Å². The molecule has 0 heterocycles. The highest BCUT2D eigenvalue weighted by Gasteiger charge is 2.07. The number of rotatable bonds is 6. The molecular formula is C16H17F2NO. The van der Waals surface area contributed by atoms with Gasteiger partial charge in [-0.25, -0.2) is 8.78 Å². The van der Waals surface area contributed by atoms with Gasteiger partial charge in [0.05, 0.1) is 0 Å². The van der Waals surface area contributed by atoms with Crippen LogP contribution in [0.4, 0.5) is 8.78 Å². The fourth-order valence-corrected chi connectivity index (χ4v) is 1.95. The van der Waals surface area contributed by atoms with Crippen LogP contribution in [0.5, 0.6) is 5.75 Å². The van der Waals surface area contributed by atoms with Crippen molar-refractivity contribution in [3.8, 4) is 5.75 Å². The summed E-state index contributed by atoms with van der Waals surface area (Å²) in [7, 11) is 1.89. The predicted octanol–water partition coefficient (Wildman–Crippen LogP) is 3.31. The van der Waals surface area contributed by atoms with E-state index in [1.54, 1.807) is 0 Å². The minimum Gasteiger partial charge on any atom is -0.486 e. The number of likely N-dealkylation sites (N-methyl/N-ethyl adjacent to an activating group) is 1. The van der Waals surface area contributed by atoms with Gasteiger partial charge in [0.1, 0.15) is 12.4 Å². The molecule has 2 nitrogen and oxygen atoms in total. The predicted molar refractivity (Wildman–Crippen MR) is 74.8 cm³/mol. The zero-order chi connectivity index (χ0) is 14.4. The van der Waals surface area contributed by atoms with Crippen molar-refractivity contribution < 1.29 is 13.5 Å². The Morgan fingerprint density at radius 3 is 2.55 bits per heavy atom. The van der Waals surface area contributed by atoms with Gasteiger partial charge in [-0.3, -0.25) is 0 Å². The van der Waals surface area contributed by atoms with Gasteiger partial charge in [-0.2, -0.15) is 0 Å². The molecule has 0 fully saturated rings. The lowest BCUT2D eigenvalue weighted by Crippen LogP contribution is -2.12. The van der Waals surface area contributed by atoms with E-state index >= 15 is 0 Å². The molecule has 0 amide bonds. The quantitative estimate of drug-likeness (QED) is 0.874. The van der Waals surface area contributed by atoms with Crippen molar-refractivity contribution in [3.05, 3.63) is 65.2 Å². The van der Waals surface area contributed by atoms with Gasteiger partial charge < -0.3 is 10.1 Å². The van der Waals surface area contributed by atoms with Crippen molar-refractivity contribution in [2.24, 2.45) is 0 Å². The number of halogens is 2. The largest absolute Gasteiger partial charge is 0.486 e. The molecule has 0 bridgehead atoms. The van der Waals surface area contributed by atoms with Crippen molar-refractivity contribution in [2.45, 2.75) is 13.0 Å². The lowest BCUT2D eigenvalue weighted by Gasteiger charge is -2.11. The molecule has 0 radical (unpaired) electrons. The van der Waals surface area contributed by atoms with E-state index in [4.69, 9.17) is 4.74 Å². The zero-order valence-corrected chi connectivity index (χ0v) is 11.3. The monoisotopic (exact) mass is 277 g/mol. The van der Waals surface area contributed by atoms with E-state index in [1.807, 2.05) is 31.3 Å². The molecule has 0 aliphatic heterocycles. The molecule has 0 saturated carbocycles. The van der Waals surface area contributed by atoms with Crippen LogP contribution in [0.2, 0.25) is 0 Å². The van der Waals surface area contributed by atoms with E-state index in [2.05, 4.69) is 5.32 Å². The second kappa shape index (κ2) is 7.01. The Bertz CT molecular complexity index is 572. The molecule has 1 N–H and O–H groups in total. The Labute approximate surface area is 117 Å². The van der Waals surface area contributed by atoms with Gasteiger partial charge in [0, 0.05) is 6.07 Å². The molecule has 0 saturated heterocycles. The first kappa shape index (κ1) is 14.5. The van der Waals surface area contributed by atoms with Crippen molar-refractivity contribution in [2.75, 3.05) is 13.6 Å². The molecule has 106 valence electrons. The van der Waals surface area contributed by atoms with Crippen LogP contribution in [0, 0.1) is 11.6 Å². The first-order chi connectivity index (χ1) is 9.70. The maximum Gasteiger partial charge on any atom is 0.165 e. The van der Waals surface area contributed by atoms with Gasteiger partial charge in [0.2, 0.25) is 0 Å². The second-order valence-electron chi connectivity index (χ2n) is 4.49. The van der Waals surface area contributed by atoms with E-state index < -0.39 is 11.6 Å². The summed E-state index contributed by atoms with van der Waals surface area (Å²) >= 11 is 0. The maximum atomic E-state index is 13.5. The van der Waals surface area contributed by atoms with Crippen LogP contribution in [0.3, 0.4) is 0 Å². The number of ether oxygens (including phenoxy) is 1. The summed E-state index contributed by atoms with van der Waals surface area (Å²) in [6.07, 6.45) is 0.863. The average molecular weight is 277 g/mol. The summed E-state index contributed by atoms with van der Waals surface area (Å²) in [5.74, 6) is -1.13. The van der Waals surface area contributed by atoms with E-state index in [0.29, 0.717) is 0 Å². The molecule has 0 unspecified atom stereocenters. The van der Waals surface area contributed by atoms with E-state index in [1.165, 1.54) is 0 Å². The summed E-state index contributed by atoms with van der Waals surface area (Å²) in [5, 5.41) is 3.08. The summed E-state index contributed by atoms with van der Waals surface area (Å²) < 4.78 is 31.9. The summed E-state index contributed by atoms with van der Waals surface area (Å²) in [4.78, 5) is 0. The molecule has 0 aliphatic rings. The normalized spacial score (nSPS) is 10.6. The highest BCUT2D eigenvalue weighted by Crippen LogP contribution is 2.20. The average Bonchev–Trinajstić information content (AvgIpc) is 2.47. The topological polar surface area (TPSA) is 21.3 Å². The van der Waals surface area contributed by atoms with Crippen LogP contribution in [0.1, 0.15) is 11.1 Å². The van der Waals surface area contributed by atoms with E-state index in [0.717, 1.165) is 42.3 Å². The van der Waals surface area contributed by atoms with E-state index in [9.17, 15) is 8.78 Å². The Morgan fingerprint density at radius 1 is 1.05 bits per heavy atom. The highest BCUT2D eigenvalue weighted by atomic mass is 19.1. The molecule has 2 aromatic carbocycles. The fraction of sp³-hybridized carbons (Fsp3) is 0.250. The summed E-state index contributed by atoms with van der Waals surface area (Å²) in [6.45, 7) is 1.08. The van der Waals surface area contributed by atoms with Gasteiger partial charge in [0.15, 0.2) is 11.6 Å². The fourth-order valence-electron chi connectivity index (χ4n) is 1.95. The lowest BCUT2D eigenvalue weighted by molar-refractivity contribution is 0.287. The first-order valence-electron chi connectivity index (χ1n) is 6.50. The van der Waals surface area contributed by atoms with Crippen molar-refractivity contribution in [1.29, 1.82) is 0 Å². The summed E-state index contributed by atoms with van der Waals surface area (Å²) in [6, 6.07) is 11.0. The van der Waals surface area contributed by atoms with Gasteiger partial charge in [0.25, 0.3) is 0 Å². The minimum atomic E-state index is -0.556. The SMILES string of the molecule is CNCCc1ccccc1COc1cc(F)ccc1F. The Kier molecular flexibility index (Phi) is 5.07. The van der Waals surface area contributed by atoms with Crippen molar-refractivity contribution in [1.82, 2.24) is 5.32 Å². The number of nitrogens with one attached hydrogen (secondary N) is 1. The molecular weight excluding hydrogens is 260 g/mol. The van der Waals surface area contributed by atoms with Crippen molar-refractivity contribution in [3.63, 3.8) is 0 Å². The molecule has 0 spiro atoms. The molecule has 0 atom stereocenters. The molecule has 20 heavy (non-hydrogen) atoms. The lowest BCUT2D eigenvalue weighted by atomic mass is 10.1. The van der Waals surface area contributed by atoms with Gasteiger partial charge >= 0.3 is 0 Å². The minimum absolute atomic E-state index is 0.0616. The highest BCUT2D eigenvalue weighted by molar-refractivity contribution is 5.29. The zero-order valence-electron chi connectivity index (χ0n) is 11.3. The molecule has 4 heteroatoms. The third-order valence-electron chi connectivity index (χ3n) is 3.04. The number of benzene rings is 2. The number of hydrogen-bond acceptors (Lipinski definition) is 2. The van der Waals surface area contributed by atoms with Crippen LogP contribution < -0.4 is 10.1 Å². The Morgan fingerprint density at radius 2 is 1.80 bits per heavy atom. The molecule has 0 aromatic heterocycles. The number of hydrogen-bond donors (Lipinski definition) is 1. The Balaban J connectivity index is 2.08. The Hall–Kier alpha value is -1.94. The smallest absolute Gasteiger partial charge is 0.165 e. The molecule has 2 rings (SSSR count). The van der Waals surface area contributed by atoms with Crippen LogP contribution in [0.15, 0.2) is 42.5 Å². The third-order valence-corrected chi connectivity index (χ3v) is 3.04. The second-order valence-corrected chi connectivity index (χ2v) is 4.49. The van der Waals surface area contributed by atoms with Crippen LogP contribution in [0.25, 0.3) is 0 Å². The summed E-state index contributed by atoms with van der Waals surface area (Å²) in [5.41, 5.74) is 2.12. The molecule has 0 aliphatic carbocycles. The third kappa shape index (κ3) is 3.78. The molecule has 2 aromatic rings. The van der Waals surface area contributed by atoms with E-state index in [-0.39, 0.29) is 12.4 Å². The van der Waals surface area contributed by atoms with Gasteiger partial charge in [-0.1, -0.05) is 24.3 Å². The van der Waals surface area contributed by atoms with Crippen molar-refractivity contribution >= 4 is 0 Å². The van der Waals surface area contributed by atoms with Gasteiger partial charge in [-0.15, -0.1) is 0 Å². The standard InChI is InChI=1S/C16H17F2NO/c1-19-9-8-12-4-2-3-5-13(12)11-20-16-10-14(17)6-7-15(16)18/h2-7,10,19H,8-9,11H2,1H3. The van der Waals surface area contributed by atoms with Gasteiger partial charge in [-0.05, 0) is 43.3 Å². The first-order valence-corrected chi connectivity index (χ1v) is 6.50.